The highest BCUT2D eigenvalue weighted by atomic mass is 16.3. The monoisotopic (exact) mass is 260 g/mol. The lowest BCUT2D eigenvalue weighted by molar-refractivity contribution is -0.116. The minimum Gasteiger partial charge on any atom is -0.393 e. The van der Waals surface area contributed by atoms with Gasteiger partial charge in [-0.05, 0) is 49.3 Å². The highest BCUT2D eigenvalue weighted by Crippen LogP contribution is 2.23. The van der Waals surface area contributed by atoms with Gasteiger partial charge < -0.3 is 10.4 Å². The Bertz CT molecular complexity index is 423. The molecule has 0 spiro atoms. The molecule has 0 aliphatic heterocycles. The average Bonchev–Trinajstić information content (AvgIpc) is 2.45. The van der Waals surface area contributed by atoms with Crippen molar-refractivity contribution in [1.82, 2.24) is 10.3 Å². The minimum atomic E-state index is -0.141. The van der Waals surface area contributed by atoms with Gasteiger partial charge in [-0.1, -0.05) is 6.07 Å². The first-order valence-electron chi connectivity index (χ1n) is 6.78. The van der Waals surface area contributed by atoms with Crippen molar-refractivity contribution in [3.05, 3.63) is 36.2 Å². The van der Waals surface area contributed by atoms with Gasteiger partial charge in [-0.2, -0.15) is 0 Å². The third-order valence-corrected chi connectivity index (χ3v) is 3.49. The van der Waals surface area contributed by atoms with Crippen LogP contribution in [0.5, 0.6) is 0 Å². The third-order valence-electron chi connectivity index (χ3n) is 3.49. The number of pyridine rings is 1. The largest absolute Gasteiger partial charge is 0.393 e. The van der Waals surface area contributed by atoms with Crippen LogP contribution in [0.3, 0.4) is 0 Å². The Morgan fingerprint density at radius 3 is 2.89 bits per heavy atom. The smallest absolute Gasteiger partial charge is 0.244 e. The normalized spacial score (nSPS) is 23.4. The Kier molecular flexibility index (Phi) is 5.10. The van der Waals surface area contributed by atoms with E-state index in [0.29, 0.717) is 12.5 Å². The van der Waals surface area contributed by atoms with Gasteiger partial charge in [0.15, 0.2) is 0 Å². The van der Waals surface area contributed by atoms with Gasteiger partial charge in [-0.15, -0.1) is 0 Å². The maximum Gasteiger partial charge on any atom is 0.244 e. The van der Waals surface area contributed by atoms with E-state index in [-0.39, 0.29) is 12.0 Å². The van der Waals surface area contributed by atoms with E-state index in [1.807, 2.05) is 12.1 Å². The van der Waals surface area contributed by atoms with Crippen molar-refractivity contribution in [2.45, 2.75) is 31.8 Å². The van der Waals surface area contributed by atoms with E-state index in [9.17, 15) is 9.90 Å². The topological polar surface area (TPSA) is 62.2 Å². The molecule has 0 radical (unpaired) electrons. The second-order valence-corrected chi connectivity index (χ2v) is 5.04. The summed E-state index contributed by atoms with van der Waals surface area (Å²) in [6.45, 7) is 0.697. The summed E-state index contributed by atoms with van der Waals surface area (Å²) in [4.78, 5) is 15.6. The lowest BCUT2D eigenvalue weighted by Gasteiger charge is -2.25. The fraction of sp³-hybridized carbons (Fsp3) is 0.467. The first-order valence-corrected chi connectivity index (χ1v) is 6.78. The Balaban J connectivity index is 1.71. The summed E-state index contributed by atoms with van der Waals surface area (Å²) in [7, 11) is 0. The molecule has 0 aromatic carbocycles. The van der Waals surface area contributed by atoms with Gasteiger partial charge in [-0.3, -0.25) is 9.78 Å². The zero-order chi connectivity index (χ0) is 13.5. The number of nitrogens with one attached hydrogen (secondary N) is 1. The van der Waals surface area contributed by atoms with Gasteiger partial charge in [0.1, 0.15) is 0 Å². The first kappa shape index (κ1) is 13.7. The summed E-state index contributed by atoms with van der Waals surface area (Å²) in [5.41, 5.74) is 0.915. The molecule has 4 nitrogen and oxygen atoms in total. The molecule has 102 valence electrons. The average molecular weight is 260 g/mol. The predicted molar refractivity (Wildman–Crippen MR) is 74.2 cm³/mol. The summed E-state index contributed by atoms with van der Waals surface area (Å²) in [5.74, 6) is 0.425. The fourth-order valence-electron chi connectivity index (χ4n) is 2.30. The number of aromatic nitrogens is 1. The van der Waals surface area contributed by atoms with Crippen LogP contribution in [0.2, 0.25) is 0 Å². The zero-order valence-corrected chi connectivity index (χ0v) is 11.0. The molecule has 0 atom stereocenters. The number of hydrogen-bond donors (Lipinski definition) is 2. The molecule has 1 fully saturated rings. The quantitative estimate of drug-likeness (QED) is 0.811. The standard InChI is InChI=1S/C15H20N2O2/c18-14-6-3-13(4-7-14)11-17-15(19)8-5-12-2-1-9-16-10-12/h1-2,5,8-10,13-14,18H,3-4,6-7,11H2,(H,17,19)/b8-5+. The molecule has 0 unspecified atom stereocenters. The SMILES string of the molecule is O=C(/C=C/c1cccnc1)NCC1CCC(O)CC1. The number of aliphatic hydroxyl groups is 1. The molecular formula is C15H20N2O2. The van der Waals surface area contributed by atoms with Crippen LogP contribution in [0.4, 0.5) is 0 Å². The van der Waals surface area contributed by atoms with Crippen LogP contribution in [0, 0.1) is 5.92 Å². The van der Waals surface area contributed by atoms with Crippen LogP contribution in [-0.4, -0.2) is 28.6 Å². The number of nitrogens with zero attached hydrogens (tertiary/aromatic N) is 1. The molecule has 2 N–H and O–H groups in total. The molecule has 1 aliphatic carbocycles. The predicted octanol–water partition coefficient (Wildman–Crippen LogP) is 1.76. The van der Waals surface area contributed by atoms with Crippen molar-refractivity contribution in [2.75, 3.05) is 6.54 Å². The molecule has 0 saturated heterocycles. The summed E-state index contributed by atoms with van der Waals surface area (Å²) in [6.07, 6.45) is 10.3. The highest BCUT2D eigenvalue weighted by Gasteiger charge is 2.19. The summed E-state index contributed by atoms with van der Waals surface area (Å²) in [6, 6.07) is 3.74. The van der Waals surface area contributed by atoms with Crippen molar-refractivity contribution < 1.29 is 9.90 Å². The van der Waals surface area contributed by atoms with Gasteiger partial charge in [0.05, 0.1) is 6.10 Å². The van der Waals surface area contributed by atoms with Crippen molar-refractivity contribution in [2.24, 2.45) is 5.92 Å². The Labute approximate surface area is 113 Å². The Hall–Kier alpha value is -1.68. The number of hydrogen-bond acceptors (Lipinski definition) is 3. The number of carbonyl (C=O) groups is 1. The third kappa shape index (κ3) is 4.83. The van der Waals surface area contributed by atoms with Crippen LogP contribution in [0.25, 0.3) is 6.08 Å². The van der Waals surface area contributed by atoms with Crippen LogP contribution in [-0.2, 0) is 4.79 Å². The molecule has 2 rings (SSSR count). The molecule has 1 amide bonds. The molecule has 1 aromatic heterocycles. The van der Waals surface area contributed by atoms with Crippen molar-refractivity contribution in [3.8, 4) is 0 Å². The Morgan fingerprint density at radius 1 is 1.42 bits per heavy atom. The molecule has 0 bridgehead atoms. The number of carbonyl (C=O) groups excluding carboxylic acids is 1. The van der Waals surface area contributed by atoms with Gasteiger partial charge >= 0.3 is 0 Å². The first-order chi connectivity index (χ1) is 9.24. The van der Waals surface area contributed by atoms with Crippen LogP contribution in [0.15, 0.2) is 30.6 Å². The molecular weight excluding hydrogens is 240 g/mol. The van der Waals surface area contributed by atoms with E-state index in [0.717, 1.165) is 31.2 Å². The number of amides is 1. The van der Waals surface area contributed by atoms with E-state index in [4.69, 9.17) is 0 Å². The van der Waals surface area contributed by atoms with Crippen molar-refractivity contribution >= 4 is 12.0 Å². The minimum absolute atomic E-state index is 0.0741. The van der Waals surface area contributed by atoms with Crippen LogP contribution in [0.1, 0.15) is 31.2 Å². The molecule has 1 aliphatic rings. The van der Waals surface area contributed by atoms with E-state index >= 15 is 0 Å². The van der Waals surface area contributed by atoms with Gasteiger partial charge in [-0.25, -0.2) is 0 Å². The van der Waals surface area contributed by atoms with Gasteiger partial charge in [0, 0.05) is 25.0 Å². The highest BCUT2D eigenvalue weighted by molar-refractivity contribution is 5.91. The lowest BCUT2D eigenvalue weighted by atomic mass is 9.87. The molecule has 19 heavy (non-hydrogen) atoms. The van der Waals surface area contributed by atoms with Crippen molar-refractivity contribution in [1.29, 1.82) is 0 Å². The molecule has 1 aromatic rings. The van der Waals surface area contributed by atoms with Gasteiger partial charge in [0.25, 0.3) is 0 Å². The van der Waals surface area contributed by atoms with E-state index in [1.54, 1.807) is 18.5 Å². The summed E-state index contributed by atoms with van der Waals surface area (Å²) in [5, 5.41) is 12.3. The van der Waals surface area contributed by atoms with Gasteiger partial charge in [0.2, 0.25) is 5.91 Å². The van der Waals surface area contributed by atoms with Crippen LogP contribution < -0.4 is 5.32 Å². The lowest BCUT2D eigenvalue weighted by Crippen LogP contribution is -2.31. The van der Waals surface area contributed by atoms with Crippen LogP contribution >= 0.6 is 0 Å². The fourth-order valence-corrected chi connectivity index (χ4v) is 2.30. The molecule has 4 heteroatoms. The summed E-state index contributed by atoms with van der Waals surface area (Å²) < 4.78 is 0. The second-order valence-electron chi connectivity index (χ2n) is 5.04. The number of aliphatic hydroxyl groups excluding tert-OH is 1. The number of rotatable bonds is 4. The van der Waals surface area contributed by atoms with E-state index < -0.39 is 0 Å². The Morgan fingerprint density at radius 2 is 2.21 bits per heavy atom. The van der Waals surface area contributed by atoms with E-state index in [1.165, 1.54) is 6.08 Å². The zero-order valence-electron chi connectivity index (χ0n) is 11.0. The maximum absolute atomic E-state index is 11.7. The maximum atomic E-state index is 11.7. The molecule has 1 heterocycles. The van der Waals surface area contributed by atoms with Crippen molar-refractivity contribution in [3.63, 3.8) is 0 Å². The molecule has 1 saturated carbocycles. The van der Waals surface area contributed by atoms with E-state index in [2.05, 4.69) is 10.3 Å². The second kappa shape index (κ2) is 7.04. The summed E-state index contributed by atoms with van der Waals surface area (Å²) >= 11 is 0.